The van der Waals surface area contributed by atoms with Crippen LogP contribution in [0.4, 0.5) is 0 Å². The lowest BCUT2D eigenvalue weighted by atomic mass is 10.1. The van der Waals surface area contributed by atoms with Crippen LogP contribution in [-0.4, -0.2) is 34.8 Å². The minimum absolute atomic E-state index is 0.0700. The topological polar surface area (TPSA) is 93.0 Å². The third-order valence-corrected chi connectivity index (χ3v) is 1.52. The van der Waals surface area contributed by atoms with Crippen LogP contribution < -0.4 is 0 Å². The second-order valence-electron chi connectivity index (χ2n) is 4.20. The van der Waals surface area contributed by atoms with Crippen LogP contribution in [0.1, 0.15) is 33.6 Å². The van der Waals surface area contributed by atoms with Gasteiger partial charge in [-0.3, -0.25) is 4.79 Å². The molecular weight excluding hydrogens is 214 g/mol. The van der Waals surface area contributed by atoms with Crippen molar-refractivity contribution in [1.29, 1.82) is 0 Å². The molecule has 0 aromatic rings. The molecule has 0 saturated carbocycles. The molecule has 0 aliphatic rings. The Bertz CT molecular complexity index is 312. The monoisotopic (exact) mass is 229 g/mol. The summed E-state index contributed by atoms with van der Waals surface area (Å²) in [5.41, 5.74) is -0.697. The molecule has 0 radical (unpaired) electrons. The molecule has 0 aliphatic carbocycles. The van der Waals surface area contributed by atoms with Crippen molar-refractivity contribution in [2.75, 3.05) is 0 Å². The molecule has 0 aromatic carbocycles. The molecule has 0 heterocycles. The van der Waals surface area contributed by atoms with Crippen LogP contribution in [0.5, 0.6) is 0 Å². The van der Waals surface area contributed by atoms with Crippen LogP contribution in [0.3, 0.4) is 0 Å². The molecule has 0 aliphatic heterocycles. The molecule has 0 bridgehead atoms. The number of isocyanates is 1. The molecule has 1 N–H and O–H groups in total. The summed E-state index contributed by atoms with van der Waals surface area (Å²) < 4.78 is 4.98. The smallest absolute Gasteiger partial charge is 0.332 e. The predicted molar refractivity (Wildman–Crippen MR) is 54.6 cm³/mol. The van der Waals surface area contributed by atoms with Crippen LogP contribution in [0.2, 0.25) is 0 Å². The molecule has 1 unspecified atom stereocenters. The minimum Gasteiger partial charge on any atom is -0.481 e. The van der Waals surface area contributed by atoms with Gasteiger partial charge in [0, 0.05) is 6.42 Å². The summed E-state index contributed by atoms with van der Waals surface area (Å²) >= 11 is 0. The van der Waals surface area contributed by atoms with Crippen LogP contribution in [0.25, 0.3) is 0 Å². The third-order valence-electron chi connectivity index (χ3n) is 1.52. The van der Waals surface area contributed by atoms with Crippen molar-refractivity contribution in [3.8, 4) is 0 Å². The molecule has 0 amide bonds. The van der Waals surface area contributed by atoms with Gasteiger partial charge < -0.3 is 9.84 Å². The number of nitrogens with zero attached hydrogens (tertiary/aromatic N) is 1. The first kappa shape index (κ1) is 14.3. The van der Waals surface area contributed by atoms with Gasteiger partial charge in [0.15, 0.2) is 6.04 Å². The summed E-state index contributed by atoms with van der Waals surface area (Å²) in [6.45, 7) is 5.01. The average molecular weight is 229 g/mol. The van der Waals surface area contributed by atoms with Gasteiger partial charge in [0.05, 0.1) is 0 Å². The van der Waals surface area contributed by atoms with Gasteiger partial charge in [0.25, 0.3) is 0 Å². The number of rotatable bonds is 5. The molecule has 0 aromatic heterocycles. The maximum Gasteiger partial charge on any atom is 0.332 e. The van der Waals surface area contributed by atoms with Gasteiger partial charge in [-0.25, -0.2) is 9.59 Å². The zero-order valence-electron chi connectivity index (χ0n) is 9.52. The van der Waals surface area contributed by atoms with Gasteiger partial charge in [0.2, 0.25) is 6.08 Å². The number of carbonyl (C=O) groups excluding carboxylic acids is 2. The Morgan fingerprint density at radius 3 is 2.38 bits per heavy atom. The van der Waals surface area contributed by atoms with Crippen LogP contribution in [0.15, 0.2) is 4.99 Å². The molecule has 6 heteroatoms. The number of hydrogen-bond acceptors (Lipinski definition) is 5. The van der Waals surface area contributed by atoms with Crippen molar-refractivity contribution < 1.29 is 24.2 Å². The number of esters is 1. The highest BCUT2D eigenvalue weighted by Crippen LogP contribution is 2.12. The second kappa shape index (κ2) is 6.02. The van der Waals surface area contributed by atoms with Crippen molar-refractivity contribution in [3.05, 3.63) is 0 Å². The Labute approximate surface area is 93.3 Å². The highest BCUT2D eigenvalue weighted by molar-refractivity contribution is 5.78. The minimum atomic E-state index is -1.09. The van der Waals surface area contributed by atoms with E-state index in [1.807, 2.05) is 0 Å². The quantitative estimate of drug-likeness (QED) is 0.429. The molecule has 0 saturated heterocycles. The Hall–Kier alpha value is -1.68. The molecule has 16 heavy (non-hydrogen) atoms. The van der Waals surface area contributed by atoms with E-state index in [1.165, 1.54) is 6.08 Å². The van der Waals surface area contributed by atoms with Crippen molar-refractivity contribution in [3.63, 3.8) is 0 Å². The highest BCUT2D eigenvalue weighted by atomic mass is 16.6. The Morgan fingerprint density at radius 1 is 1.44 bits per heavy atom. The summed E-state index contributed by atoms with van der Waals surface area (Å²) in [6.07, 6.45) is 0.915. The summed E-state index contributed by atoms with van der Waals surface area (Å²) in [5.74, 6) is -1.77. The van der Waals surface area contributed by atoms with Crippen molar-refractivity contribution in [2.45, 2.75) is 45.3 Å². The maximum absolute atomic E-state index is 11.5. The zero-order chi connectivity index (χ0) is 12.8. The fourth-order valence-corrected chi connectivity index (χ4v) is 0.929. The van der Waals surface area contributed by atoms with Crippen LogP contribution >= 0.6 is 0 Å². The van der Waals surface area contributed by atoms with Gasteiger partial charge in [-0.15, -0.1) is 0 Å². The largest absolute Gasteiger partial charge is 0.481 e. The van der Waals surface area contributed by atoms with Crippen molar-refractivity contribution in [2.24, 2.45) is 4.99 Å². The molecule has 0 fully saturated rings. The van der Waals surface area contributed by atoms with Crippen molar-refractivity contribution in [1.82, 2.24) is 0 Å². The van der Waals surface area contributed by atoms with E-state index in [9.17, 15) is 14.4 Å². The summed E-state index contributed by atoms with van der Waals surface area (Å²) in [5, 5.41) is 8.45. The van der Waals surface area contributed by atoms with E-state index in [-0.39, 0.29) is 12.8 Å². The Kier molecular flexibility index (Phi) is 5.39. The van der Waals surface area contributed by atoms with E-state index >= 15 is 0 Å². The van der Waals surface area contributed by atoms with Gasteiger partial charge in [0.1, 0.15) is 5.60 Å². The lowest BCUT2D eigenvalue weighted by Crippen LogP contribution is -2.31. The summed E-state index contributed by atoms with van der Waals surface area (Å²) in [6, 6.07) is -1.09. The maximum atomic E-state index is 11.5. The first-order valence-electron chi connectivity index (χ1n) is 4.78. The number of hydrogen-bond donors (Lipinski definition) is 1. The molecule has 0 rings (SSSR count). The average Bonchev–Trinajstić information content (AvgIpc) is 2.08. The standard InChI is InChI=1S/C10H15NO5/c1-10(2,3)16-9(15)7(11-6-12)4-5-8(13)14/h7H,4-5H2,1-3H3,(H,13,14). The number of aliphatic carboxylic acids is 1. The van der Waals surface area contributed by atoms with E-state index in [2.05, 4.69) is 4.99 Å². The van der Waals surface area contributed by atoms with Gasteiger partial charge >= 0.3 is 11.9 Å². The Morgan fingerprint density at radius 2 is 2.00 bits per heavy atom. The first-order chi connectivity index (χ1) is 7.26. The third kappa shape index (κ3) is 6.73. The molecule has 6 nitrogen and oxygen atoms in total. The fourth-order valence-electron chi connectivity index (χ4n) is 0.929. The van der Waals surface area contributed by atoms with E-state index in [4.69, 9.17) is 9.84 Å². The van der Waals surface area contributed by atoms with E-state index in [0.29, 0.717) is 0 Å². The molecule has 90 valence electrons. The molecule has 1 atom stereocenters. The molecular formula is C10H15NO5. The van der Waals surface area contributed by atoms with Crippen LogP contribution in [0, 0.1) is 0 Å². The molecule has 0 spiro atoms. The fraction of sp³-hybridized carbons (Fsp3) is 0.700. The second-order valence-corrected chi connectivity index (χ2v) is 4.20. The number of carboxylic acids is 1. The number of carbonyl (C=O) groups is 2. The lowest BCUT2D eigenvalue weighted by molar-refractivity contribution is -0.156. The SMILES string of the molecule is CC(C)(C)OC(=O)C(CCC(=O)O)N=C=O. The summed E-state index contributed by atoms with van der Waals surface area (Å²) in [7, 11) is 0. The number of ether oxygens (including phenoxy) is 1. The predicted octanol–water partition coefficient (Wildman–Crippen LogP) is 0.897. The van der Waals surface area contributed by atoms with Crippen molar-refractivity contribution >= 4 is 18.0 Å². The van der Waals surface area contributed by atoms with Gasteiger partial charge in [-0.2, -0.15) is 4.99 Å². The van der Waals surface area contributed by atoms with E-state index in [1.54, 1.807) is 20.8 Å². The first-order valence-corrected chi connectivity index (χ1v) is 4.78. The summed E-state index contributed by atoms with van der Waals surface area (Å²) in [4.78, 5) is 35.1. The zero-order valence-corrected chi connectivity index (χ0v) is 9.52. The lowest BCUT2D eigenvalue weighted by Gasteiger charge is -2.21. The number of carboxylic acid groups (broad SMARTS) is 1. The van der Waals surface area contributed by atoms with Gasteiger partial charge in [-0.1, -0.05) is 0 Å². The number of aliphatic imine (C=N–C) groups is 1. The highest BCUT2D eigenvalue weighted by Gasteiger charge is 2.25. The van der Waals surface area contributed by atoms with Crippen LogP contribution in [-0.2, 0) is 19.1 Å². The normalized spacial score (nSPS) is 12.4. The van der Waals surface area contributed by atoms with E-state index in [0.717, 1.165) is 0 Å². The van der Waals surface area contributed by atoms with E-state index < -0.39 is 23.6 Å². The Balaban J connectivity index is 4.47. The van der Waals surface area contributed by atoms with Gasteiger partial charge in [-0.05, 0) is 27.2 Å².